The van der Waals surface area contributed by atoms with Gasteiger partial charge < -0.3 is 8.98 Å². The average Bonchev–Trinajstić information content (AvgIpc) is 3.28. The number of hydrogen-bond donors (Lipinski definition) is 0. The molecule has 0 aliphatic rings. The first-order valence-electron chi connectivity index (χ1n) is 10.8. The Kier molecular flexibility index (Phi) is 4.71. The highest BCUT2D eigenvalue weighted by Gasteiger charge is 2.32. The fourth-order valence-electron chi connectivity index (χ4n) is 4.46. The third-order valence-corrected chi connectivity index (χ3v) is 9.15. The Bertz CT molecular complexity index is 1580. The van der Waals surface area contributed by atoms with Crippen LogP contribution < -0.4 is 15.9 Å². The van der Waals surface area contributed by atoms with E-state index in [2.05, 4.69) is 11.1 Å². The Balaban J connectivity index is 1.64. The summed E-state index contributed by atoms with van der Waals surface area (Å²) < 4.78 is 21.3. The number of fused-ring (bicyclic) bond motifs is 3. The summed E-state index contributed by atoms with van der Waals surface area (Å²) in [7, 11) is -3.15. The summed E-state index contributed by atoms with van der Waals surface area (Å²) in [5, 5.41) is 4.28. The molecule has 2 aromatic heterocycles. The molecule has 0 bridgehead atoms. The first-order valence-corrected chi connectivity index (χ1v) is 12.5. The summed E-state index contributed by atoms with van der Waals surface area (Å²) in [6.07, 6.45) is 3.59. The summed E-state index contributed by atoms with van der Waals surface area (Å²) >= 11 is 0. The van der Waals surface area contributed by atoms with E-state index in [4.69, 9.17) is 4.42 Å². The van der Waals surface area contributed by atoms with Crippen LogP contribution in [0.5, 0.6) is 0 Å². The van der Waals surface area contributed by atoms with Crippen molar-refractivity contribution in [1.29, 1.82) is 0 Å². The Labute approximate surface area is 191 Å². The van der Waals surface area contributed by atoms with Crippen LogP contribution in [0.2, 0.25) is 0 Å². The topological polar surface area (TPSA) is 43.1 Å². The second-order valence-corrected chi connectivity index (χ2v) is 10.7. The van der Waals surface area contributed by atoms with E-state index in [1.807, 2.05) is 103 Å². The van der Waals surface area contributed by atoms with Crippen molar-refractivity contribution < 1.29 is 8.98 Å². The SMILES string of the molecule is O=P(c1ccccc1)(c1ccccc1)c1cccc2c1oc1ccc(-c3ccncc3)cc12. The number of rotatable bonds is 4. The van der Waals surface area contributed by atoms with Gasteiger partial charge in [0.1, 0.15) is 11.2 Å². The highest BCUT2D eigenvalue weighted by Crippen LogP contribution is 2.45. The third-order valence-electron chi connectivity index (χ3n) is 6.07. The van der Waals surface area contributed by atoms with Gasteiger partial charge in [-0.2, -0.15) is 0 Å². The Morgan fingerprint density at radius 2 is 1.27 bits per heavy atom. The zero-order chi connectivity index (χ0) is 22.3. The van der Waals surface area contributed by atoms with Gasteiger partial charge >= 0.3 is 0 Å². The normalized spacial score (nSPS) is 11.8. The van der Waals surface area contributed by atoms with Gasteiger partial charge in [-0.15, -0.1) is 0 Å². The number of hydrogen-bond acceptors (Lipinski definition) is 3. The lowest BCUT2D eigenvalue weighted by Gasteiger charge is -2.20. The quantitative estimate of drug-likeness (QED) is 0.300. The first kappa shape index (κ1) is 19.7. The van der Waals surface area contributed by atoms with Gasteiger partial charge in [-0.3, -0.25) is 4.98 Å². The van der Waals surface area contributed by atoms with E-state index in [1.165, 1.54) is 0 Å². The molecule has 2 heterocycles. The molecule has 6 aromatic rings. The fraction of sp³-hybridized carbons (Fsp3) is 0. The van der Waals surface area contributed by atoms with Crippen molar-refractivity contribution in [2.24, 2.45) is 0 Å². The van der Waals surface area contributed by atoms with Gasteiger partial charge in [-0.25, -0.2) is 0 Å². The molecule has 158 valence electrons. The molecule has 3 nitrogen and oxygen atoms in total. The Hall–Kier alpha value is -3.94. The number of pyridine rings is 1. The predicted octanol–water partition coefficient (Wildman–Crippen LogP) is 6.29. The summed E-state index contributed by atoms with van der Waals surface area (Å²) in [4.78, 5) is 4.12. The highest BCUT2D eigenvalue weighted by molar-refractivity contribution is 7.85. The molecule has 0 atom stereocenters. The van der Waals surface area contributed by atoms with Gasteiger partial charge in [0, 0.05) is 33.8 Å². The smallest absolute Gasteiger partial charge is 0.174 e. The molecule has 0 unspecified atom stereocenters. The molecule has 0 spiro atoms. The summed E-state index contributed by atoms with van der Waals surface area (Å²) in [5.41, 5.74) is 3.64. The van der Waals surface area contributed by atoms with Gasteiger partial charge in [0.15, 0.2) is 7.14 Å². The van der Waals surface area contributed by atoms with Gasteiger partial charge in [-0.1, -0.05) is 78.9 Å². The van der Waals surface area contributed by atoms with E-state index in [0.29, 0.717) is 5.58 Å². The van der Waals surface area contributed by atoms with E-state index in [0.717, 1.165) is 43.4 Å². The number of benzene rings is 4. The minimum absolute atomic E-state index is 0.676. The fourth-order valence-corrected chi connectivity index (χ4v) is 7.25. The molecule has 0 fully saturated rings. The molecule has 0 amide bonds. The van der Waals surface area contributed by atoms with Gasteiger partial charge in [0.05, 0.1) is 5.30 Å². The van der Waals surface area contributed by atoms with Crippen LogP contribution in [-0.4, -0.2) is 4.98 Å². The molecule has 0 N–H and O–H groups in total. The van der Waals surface area contributed by atoms with Crippen molar-refractivity contribution in [2.75, 3.05) is 0 Å². The minimum atomic E-state index is -3.15. The van der Waals surface area contributed by atoms with Gasteiger partial charge in [0.2, 0.25) is 0 Å². The maximum absolute atomic E-state index is 14.9. The van der Waals surface area contributed by atoms with Crippen LogP contribution in [0.25, 0.3) is 33.1 Å². The second-order valence-electron chi connectivity index (χ2n) is 7.98. The zero-order valence-electron chi connectivity index (χ0n) is 17.8. The molecule has 0 saturated heterocycles. The van der Waals surface area contributed by atoms with Crippen LogP contribution >= 0.6 is 7.14 Å². The Morgan fingerprint density at radius 3 is 1.94 bits per heavy atom. The van der Waals surface area contributed by atoms with Crippen LogP contribution in [0.4, 0.5) is 0 Å². The third kappa shape index (κ3) is 3.21. The van der Waals surface area contributed by atoms with Gasteiger partial charge in [0.25, 0.3) is 0 Å². The largest absolute Gasteiger partial charge is 0.455 e. The molecule has 0 aliphatic heterocycles. The molecular weight excluding hydrogens is 425 g/mol. The maximum Gasteiger partial charge on any atom is 0.174 e. The lowest BCUT2D eigenvalue weighted by Crippen LogP contribution is -2.25. The molecule has 0 aliphatic carbocycles. The van der Waals surface area contributed by atoms with Gasteiger partial charge in [-0.05, 0) is 41.5 Å². The molecule has 4 aromatic carbocycles. The maximum atomic E-state index is 14.9. The molecule has 6 rings (SSSR count). The van der Waals surface area contributed by atoms with E-state index >= 15 is 0 Å². The standard InChI is InChI=1S/C29H20NO2P/c31-33(23-8-3-1-4-9-23,24-10-5-2-6-11-24)28-13-7-12-25-26-20-22(21-16-18-30-19-17-21)14-15-27(26)32-29(25)28/h1-20H. The molecular formula is C29H20NO2P. The van der Waals surface area contributed by atoms with Crippen LogP contribution in [0, 0.1) is 0 Å². The van der Waals surface area contributed by atoms with Crippen molar-refractivity contribution in [3.8, 4) is 11.1 Å². The van der Waals surface area contributed by atoms with Crippen molar-refractivity contribution in [2.45, 2.75) is 0 Å². The lowest BCUT2D eigenvalue weighted by atomic mass is 10.0. The summed E-state index contributed by atoms with van der Waals surface area (Å²) in [6, 6.07) is 35.5. The number of nitrogens with zero attached hydrogens (tertiary/aromatic N) is 1. The van der Waals surface area contributed by atoms with E-state index in [9.17, 15) is 4.57 Å². The molecule has 33 heavy (non-hydrogen) atoms. The second kappa shape index (κ2) is 7.88. The summed E-state index contributed by atoms with van der Waals surface area (Å²) in [5.74, 6) is 0. The first-order chi connectivity index (χ1) is 16.2. The van der Waals surface area contributed by atoms with Crippen molar-refractivity contribution in [3.05, 3.63) is 122 Å². The average molecular weight is 445 g/mol. The number of aromatic nitrogens is 1. The van der Waals surface area contributed by atoms with Crippen molar-refractivity contribution in [3.63, 3.8) is 0 Å². The molecule has 0 saturated carbocycles. The van der Waals surface area contributed by atoms with E-state index < -0.39 is 7.14 Å². The van der Waals surface area contributed by atoms with Crippen LogP contribution in [0.1, 0.15) is 0 Å². The van der Waals surface area contributed by atoms with Crippen LogP contribution in [-0.2, 0) is 4.57 Å². The number of furan rings is 1. The van der Waals surface area contributed by atoms with Crippen molar-refractivity contribution >= 4 is 45.0 Å². The van der Waals surface area contributed by atoms with Crippen molar-refractivity contribution in [1.82, 2.24) is 4.98 Å². The van der Waals surface area contributed by atoms with Crippen LogP contribution in [0.3, 0.4) is 0 Å². The number of para-hydroxylation sites is 1. The van der Waals surface area contributed by atoms with Crippen LogP contribution in [0.15, 0.2) is 126 Å². The molecule has 0 radical (unpaired) electrons. The zero-order valence-corrected chi connectivity index (χ0v) is 18.7. The predicted molar refractivity (Wildman–Crippen MR) is 136 cm³/mol. The van der Waals surface area contributed by atoms with E-state index in [1.54, 1.807) is 12.4 Å². The molecule has 4 heteroatoms. The minimum Gasteiger partial charge on any atom is -0.455 e. The lowest BCUT2D eigenvalue weighted by molar-refractivity contribution is 0.592. The summed E-state index contributed by atoms with van der Waals surface area (Å²) in [6.45, 7) is 0. The monoisotopic (exact) mass is 445 g/mol. The highest BCUT2D eigenvalue weighted by atomic mass is 31.2. The Morgan fingerprint density at radius 1 is 0.606 bits per heavy atom. The van der Waals surface area contributed by atoms with E-state index in [-0.39, 0.29) is 0 Å².